The lowest BCUT2D eigenvalue weighted by Gasteiger charge is -2.34. The third-order valence-corrected chi connectivity index (χ3v) is 9.53. The molecule has 8 heteroatoms. The minimum Gasteiger partial charge on any atom is -0.497 e. The molecule has 0 spiro atoms. The first-order chi connectivity index (χ1) is 25.6. The van der Waals surface area contributed by atoms with Gasteiger partial charge in [0, 0.05) is 28.4 Å². The molecule has 0 saturated carbocycles. The normalized spacial score (nSPS) is 12.8. The van der Waals surface area contributed by atoms with E-state index in [0.717, 1.165) is 72.6 Å². The second kappa shape index (κ2) is 13.8. The van der Waals surface area contributed by atoms with Crippen molar-refractivity contribution in [1.29, 1.82) is 0 Å². The van der Waals surface area contributed by atoms with Crippen molar-refractivity contribution in [3.05, 3.63) is 150 Å². The van der Waals surface area contributed by atoms with Gasteiger partial charge in [0.25, 0.3) is 0 Å². The van der Waals surface area contributed by atoms with E-state index in [9.17, 15) is 0 Å². The van der Waals surface area contributed by atoms with E-state index in [1.807, 2.05) is 72.8 Å². The number of methoxy groups -OCH3 is 2. The fourth-order valence-electron chi connectivity index (χ4n) is 7.02. The number of amidine groups is 1. The highest BCUT2D eigenvalue weighted by atomic mass is 16.5. The Labute approximate surface area is 302 Å². The summed E-state index contributed by atoms with van der Waals surface area (Å²) in [4.78, 5) is 21.6. The molecule has 0 N–H and O–H groups in total. The molecule has 6 aromatic carbocycles. The Hall–Kier alpha value is -6.80. The quantitative estimate of drug-likeness (QED) is 0.124. The van der Waals surface area contributed by atoms with Crippen molar-refractivity contribution in [2.45, 2.75) is 13.1 Å². The van der Waals surface area contributed by atoms with Crippen LogP contribution in [0.2, 0.25) is 0 Å². The molecular formula is C44H36N6O2. The highest BCUT2D eigenvalue weighted by Gasteiger charge is 2.29. The Morgan fingerprint density at radius 3 is 2.13 bits per heavy atom. The van der Waals surface area contributed by atoms with Crippen LogP contribution in [-0.2, 0) is 13.1 Å². The summed E-state index contributed by atoms with van der Waals surface area (Å²) >= 11 is 0. The van der Waals surface area contributed by atoms with Gasteiger partial charge in [-0.2, -0.15) is 4.99 Å². The SMILES string of the molecule is C=NC(=NC(=NCc1ccc(OC)cc1)c1ccc(OC)cc1)n1c2ccccc2c2ccc3c(c21)-c1ccccc1CN3c1ccccc1N=C. The van der Waals surface area contributed by atoms with Crippen molar-refractivity contribution < 1.29 is 9.47 Å². The molecule has 0 unspecified atom stereocenters. The lowest BCUT2D eigenvalue weighted by Crippen LogP contribution is -2.22. The minimum atomic E-state index is 0.404. The largest absolute Gasteiger partial charge is 0.497 e. The first kappa shape index (κ1) is 32.4. The maximum atomic E-state index is 5.46. The number of para-hydroxylation sites is 3. The fraction of sp³-hybridized carbons (Fsp3) is 0.0909. The van der Waals surface area contributed by atoms with Gasteiger partial charge < -0.3 is 14.4 Å². The predicted octanol–water partition coefficient (Wildman–Crippen LogP) is 10.0. The van der Waals surface area contributed by atoms with E-state index < -0.39 is 0 Å². The van der Waals surface area contributed by atoms with E-state index in [1.165, 1.54) is 5.56 Å². The molecular weight excluding hydrogens is 645 g/mol. The highest BCUT2D eigenvalue weighted by Crippen LogP contribution is 2.49. The minimum absolute atomic E-state index is 0.404. The van der Waals surface area contributed by atoms with Crippen molar-refractivity contribution in [2.75, 3.05) is 19.1 Å². The number of benzene rings is 6. The van der Waals surface area contributed by atoms with Gasteiger partial charge in [-0.05, 0) is 90.8 Å². The van der Waals surface area contributed by atoms with Crippen molar-refractivity contribution in [3.63, 3.8) is 0 Å². The second-order valence-corrected chi connectivity index (χ2v) is 12.4. The van der Waals surface area contributed by atoms with E-state index >= 15 is 0 Å². The van der Waals surface area contributed by atoms with E-state index in [0.29, 0.717) is 24.9 Å². The van der Waals surface area contributed by atoms with E-state index in [1.54, 1.807) is 14.2 Å². The molecule has 1 aliphatic rings. The molecule has 254 valence electrons. The van der Waals surface area contributed by atoms with Gasteiger partial charge in [-0.3, -0.25) is 14.6 Å². The summed E-state index contributed by atoms with van der Waals surface area (Å²) in [7, 11) is 3.31. The van der Waals surface area contributed by atoms with Crippen LogP contribution in [-0.4, -0.2) is 44.0 Å². The van der Waals surface area contributed by atoms with Crippen LogP contribution in [0.1, 0.15) is 16.7 Å². The Bertz CT molecular complexity index is 2530. The zero-order valence-corrected chi connectivity index (χ0v) is 29.0. The van der Waals surface area contributed by atoms with E-state index in [-0.39, 0.29) is 0 Å². The fourth-order valence-corrected chi connectivity index (χ4v) is 7.02. The molecule has 8 nitrogen and oxygen atoms in total. The lowest BCUT2D eigenvalue weighted by atomic mass is 9.91. The van der Waals surface area contributed by atoms with Gasteiger partial charge in [-0.25, -0.2) is 4.99 Å². The van der Waals surface area contributed by atoms with E-state index in [4.69, 9.17) is 19.5 Å². The molecule has 7 aromatic rings. The van der Waals surface area contributed by atoms with Crippen LogP contribution >= 0.6 is 0 Å². The number of nitrogens with zero attached hydrogens (tertiary/aromatic N) is 6. The molecule has 0 radical (unpaired) electrons. The maximum absolute atomic E-state index is 5.46. The Kier molecular flexibility index (Phi) is 8.63. The summed E-state index contributed by atoms with van der Waals surface area (Å²) in [5.74, 6) is 2.46. The lowest BCUT2D eigenvalue weighted by molar-refractivity contribution is 0.414. The molecule has 8 rings (SSSR count). The molecule has 0 amide bonds. The molecule has 0 fully saturated rings. The molecule has 52 heavy (non-hydrogen) atoms. The number of fused-ring (bicyclic) bond motifs is 7. The van der Waals surface area contributed by atoms with Crippen LogP contribution in [0.25, 0.3) is 32.9 Å². The number of rotatable bonds is 7. The number of anilines is 2. The van der Waals surface area contributed by atoms with Gasteiger partial charge in [0.15, 0.2) is 5.84 Å². The molecule has 1 aliphatic heterocycles. The summed E-state index contributed by atoms with van der Waals surface area (Å²) in [5, 5.41) is 2.17. The van der Waals surface area contributed by atoms with Gasteiger partial charge in [0.2, 0.25) is 5.96 Å². The first-order valence-electron chi connectivity index (χ1n) is 17.0. The molecule has 2 heterocycles. The van der Waals surface area contributed by atoms with Gasteiger partial charge in [0.05, 0.1) is 48.9 Å². The summed E-state index contributed by atoms with van der Waals surface area (Å²) in [6, 6.07) is 45.1. The van der Waals surface area contributed by atoms with Gasteiger partial charge in [-0.1, -0.05) is 72.8 Å². The zero-order valence-electron chi connectivity index (χ0n) is 29.0. The van der Waals surface area contributed by atoms with Gasteiger partial charge in [-0.15, -0.1) is 0 Å². The summed E-state index contributed by atoms with van der Waals surface area (Å²) in [5.41, 5.74) is 10.1. The van der Waals surface area contributed by atoms with Crippen molar-refractivity contribution in [2.24, 2.45) is 20.0 Å². The van der Waals surface area contributed by atoms with Crippen LogP contribution in [0.15, 0.2) is 153 Å². The topological polar surface area (TPSA) is 76.1 Å². The summed E-state index contributed by atoms with van der Waals surface area (Å²) < 4.78 is 13.0. The van der Waals surface area contributed by atoms with Crippen molar-refractivity contribution in [1.82, 2.24) is 4.57 Å². The van der Waals surface area contributed by atoms with Crippen LogP contribution in [0.5, 0.6) is 11.5 Å². The average Bonchev–Trinajstić information content (AvgIpc) is 3.55. The third kappa shape index (κ3) is 5.70. The monoisotopic (exact) mass is 680 g/mol. The summed E-state index contributed by atoms with van der Waals surface area (Å²) in [6.07, 6.45) is 0. The average molecular weight is 681 g/mol. The number of ether oxygens (including phenoxy) is 2. The van der Waals surface area contributed by atoms with Crippen LogP contribution in [0, 0.1) is 0 Å². The standard InChI is InChI=1S/C44H36N6O2/c1-45-37-14-8-10-16-39(37)49-28-31-11-5-6-12-34(31)41-40(49)26-25-36-35-13-7-9-15-38(35)50(42(36)41)44(46-2)48-43(30-19-23-33(52-4)24-20-30)47-27-29-17-21-32(51-3)22-18-29/h5-26H,1-2,27-28H2,3-4H3. The smallest absolute Gasteiger partial charge is 0.236 e. The first-order valence-corrected chi connectivity index (χ1v) is 17.0. The molecule has 0 bridgehead atoms. The molecule has 1 aromatic heterocycles. The Morgan fingerprint density at radius 1 is 0.692 bits per heavy atom. The van der Waals surface area contributed by atoms with Crippen LogP contribution in [0.4, 0.5) is 17.1 Å². The molecule has 0 atom stereocenters. The third-order valence-electron chi connectivity index (χ3n) is 9.53. The molecule has 0 aliphatic carbocycles. The summed E-state index contributed by atoms with van der Waals surface area (Å²) in [6.45, 7) is 9.03. The van der Waals surface area contributed by atoms with E-state index in [2.05, 4.69) is 93.6 Å². The van der Waals surface area contributed by atoms with Crippen LogP contribution < -0.4 is 14.4 Å². The number of aromatic nitrogens is 1. The predicted molar refractivity (Wildman–Crippen MR) is 215 cm³/mol. The Balaban J connectivity index is 1.39. The van der Waals surface area contributed by atoms with Gasteiger partial charge >= 0.3 is 0 Å². The number of aliphatic imine (C=N–C) groups is 4. The van der Waals surface area contributed by atoms with Crippen molar-refractivity contribution in [3.8, 4) is 22.6 Å². The van der Waals surface area contributed by atoms with Gasteiger partial charge in [0.1, 0.15) is 11.5 Å². The maximum Gasteiger partial charge on any atom is 0.236 e. The molecule has 0 saturated heterocycles. The zero-order chi connectivity index (χ0) is 35.6. The second-order valence-electron chi connectivity index (χ2n) is 12.4. The van der Waals surface area contributed by atoms with Crippen molar-refractivity contribution >= 4 is 64.1 Å². The Morgan fingerprint density at radius 2 is 1.38 bits per heavy atom. The number of hydrogen-bond acceptors (Lipinski definition) is 5. The number of hydrogen-bond donors (Lipinski definition) is 0. The van der Waals surface area contributed by atoms with Crippen LogP contribution in [0.3, 0.4) is 0 Å². The highest BCUT2D eigenvalue weighted by molar-refractivity contribution is 6.22.